The summed E-state index contributed by atoms with van der Waals surface area (Å²) in [6.45, 7) is 1.73. The molecule has 0 saturated carbocycles. The van der Waals surface area contributed by atoms with Crippen LogP contribution in [0.25, 0.3) is 11.3 Å². The van der Waals surface area contributed by atoms with E-state index in [2.05, 4.69) is 20.5 Å². The van der Waals surface area contributed by atoms with Crippen molar-refractivity contribution in [3.8, 4) is 11.3 Å². The average Bonchev–Trinajstić information content (AvgIpc) is 3.11. The molecule has 0 aliphatic carbocycles. The first-order chi connectivity index (χ1) is 12.3. The van der Waals surface area contributed by atoms with Gasteiger partial charge in [-0.2, -0.15) is 5.10 Å². The number of aromatic amines is 1. The monoisotopic (exact) mass is 333 g/mol. The Morgan fingerprint density at radius 2 is 2.08 bits per heavy atom. The molecule has 2 amide bonds. The zero-order valence-corrected chi connectivity index (χ0v) is 13.8. The molecule has 126 valence electrons. The first kappa shape index (κ1) is 15.4. The summed E-state index contributed by atoms with van der Waals surface area (Å²) in [5.74, 6) is 0. The molecule has 3 heterocycles. The van der Waals surface area contributed by atoms with Gasteiger partial charge >= 0.3 is 6.03 Å². The van der Waals surface area contributed by atoms with Crippen molar-refractivity contribution < 1.29 is 4.79 Å². The van der Waals surface area contributed by atoms with E-state index in [1.807, 2.05) is 47.4 Å². The first-order valence-corrected chi connectivity index (χ1v) is 8.34. The minimum atomic E-state index is -0.0604. The van der Waals surface area contributed by atoms with Crippen molar-refractivity contribution in [1.29, 1.82) is 0 Å². The number of rotatable bonds is 3. The van der Waals surface area contributed by atoms with Gasteiger partial charge in [-0.1, -0.05) is 36.4 Å². The number of amides is 2. The van der Waals surface area contributed by atoms with Gasteiger partial charge in [-0.3, -0.25) is 10.1 Å². The van der Waals surface area contributed by atoms with Crippen LogP contribution in [0.3, 0.4) is 0 Å². The summed E-state index contributed by atoms with van der Waals surface area (Å²) < 4.78 is 0. The number of hydrogen-bond donors (Lipinski definition) is 2. The smallest absolute Gasteiger partial charge is 0.317 e. The second-order valence-electron chi connectivity index (χ2n) is 6.09. The molecule has 0 bridgehead atoms. The van der Waals surface area contributed by atoms with Crippen LogP contribution >= 0.6 is 0 Å². The molecule has 2 aromatic heterocycles. The van der Waals surface area contributed by atoms with Gasteiger partial charge in [0.1, 0.15) is 0 Å². The van der Waals surface area contributed by atoms with Gasteiger partial charge in [-0.15, -0.1) is 0 Å². The molecule has 3 aromatic rings. The van der Waals surface area contributed by atoms with Crippen molar-refractivity contribution in [3.63, 3.8) is 0 Å². The van der Waals surface area contributed by atoms with E-state index in [9.17, 15) is 4.79 Å². The summed E-state index contributed by atoms with van der Waals surface area (Å²) in [6, 6.07) is 13.8. The standard InChI is InChI=1S/C19H19N5O/c25-19(21-12-14-5-4-9-20-11-14)24-10-8-17-16(13-24)18(23-22-17)15-6-2-1-3-7-15/h1-7,9,11H,8,10,12-13H2,(H,21,25)(H,22,23). The van der Waals surface area contributed by atoms with Crippen molar-refractivity contribution in [2.24, 2.45) is 0 Å². The Labute approximate surface area is 145 Å². The molecule has 6 nitrogen and oxygen atoms in total. The summed E-state index contributed by atoms with van der Waals surface area (Å²) >= 11 is 0. The molecule has 0 unspecified atom stereocenters. The van der Waals surface area contributed by atoms with Gasteiger partial charge in [-0.05, 0) is 11.6 Å². The van der Waals surface area contributed by atoms with E-state index in [0.29, 0.717) is 19.6 Å². The number of nitrogens with zero attached hydrogens (tertiary/aromatic N) is 3. The second kappa shape index (κ2) is 6.76. The number of H-pyrrole nitrogens is 1. The third-order valence-corrected chi connectivity index (χ3v) is 4.43. The zero-order valence-electron chi connectivity index (χ0n) is 13.8. The molecule has 0 atom stereocenters. The maximum absolute atomic E-state index is 12.5. The summed E-state index contributed by atoms with van der Waals surface area (Å²) in [4.78, 5) is 18.4. The average molecular weight is 333 g/mol. The molecular weight excluding hydrogens is 314 g/mol. The summed E-state index contributed by atoms with van der Waals surface area (Å²) in [7, 11) is 0. The van der Waals surface area contributed by atoms with Gasteiger partial charge < -0.3 is 10.2 Å². The maximum atomic E-state index is 12.5. The first-order valence-electron chi connectivity index (χ1n) is 8.34. The van der Waals surface area contributed by atoms with E-state index in [4.69, 9.17) is 0 Å². The van der Waals surface area contributed by atoms with Crippen LogP contribution in [0.15, 0.2) is 54.9 Å². The van der Waals surface area contributed by atoms with Crippen LogP contribution in [-0.4, -0.2) is 32.7 Å². The largest absolute Gasteiger partial charge is 0.334 e. The van der Waals surface area contributed by atoms with Crippen molar-refractivity contribution in [2.45, 2.75) is 19.5 Å². The Balaban J connectivity index is 1.47. The minimum Gasteiger partial charge on any atom is -0.334 e. The topological polar surface area (TPSA) is 73.9 Å². The lowest BCUT2D eigenvalue weighted by Gasteiger charge is -2.27. The lowest BCUT2D eigenvalue weighted by atomic mass is 10.0. The molecule has 1 aliphatic heterocycles. The molecule has 4 rings (SSSR count). The second-order valence-corrected chi connectivity index (χ2v) is 6.09. The van der Waals surface area contributed by atoms with Crippen molar-refractivity contribution in [1.82, 2.24) is 25.4 Å². The number of pyridine rings is 1. The van der Waals surface area contributed by atoms with E-state index < -0.39 is 0 Å². The third-order valence-electron chi connectivity index (χ3n) is 4.43. The van der Waals surface area contributed by atoms with E-state index in [0.717, 1.165) is 34.5 Å². The maximum Gasteiger partial charge on any atom is 0.317 e. The third kappa shape index (κ3) is 3.24. The fourth-order valence-corrected chi connectivity index (χ4v) is 3.10. The zero-order chi connectivity index (χ0) is 17.1. The Kier molecular flexibility index (Phi) is 4.16. The van der Waals surface area contributed by atoms with Gasteiger partial charge in [0.25, 0.3) is 0 Å². The van der Waals surface area contributed by atoms with Crippen LogP contribution in [0.5, 0.6) is 0 Å². The van der Waals surface area contributed by atoms with E-state index in [-0.39, 0.29) is 6.03 Å². The number of carbonyl (C=O) groups is 1. The molecule has 25 heavy (non-hydrogen) atoms. The van der Waals surface area contributed by atoms with Gasteiger partial charge in [0.05, 0.1) is 12.2 Å². The van der Waals surface area contributed by atoms with Gasteiger partial charge in [0, 0.05) is 48.7 Å². The molecule has 2 N–H and O–H groups in total. The predicted molar refractivity (Wildman–Crippen MR) is 94.6 cm³/mol. The highest BCUT2D eigenvalue weighted by Gasteiger charge is 2.25. The Bertz CT molecular complexity index is 860. The number of urea groups is 1. The highest BCUT2D eigenvalue weighted by molar-refractivity contribution is 5.75. The molecule has 1 aromatic carbocycles. The number of hydrogen-bond acceptors (Lipinski definition) is 3. The molecule has 6 heteroatoms. The Hall–Kier alpha value is -3.15. The van der Waals surface area contributed by atoms with Crippen LogP contribution in [0.2, 0.25) is 0 Å². The summed E-state index contributed by atoms with van der Waals surface area (Å²) in [5.41, 5.74) is 5.21. The Morgan fingerprint density at radius 1 is 1.20 bits per heavy atom. The van der Waals surface area contributed by atoms with Crippen LogP contribution in [0.1, 0.15) is 16.8 Å². The normalized spacial score (nSPS) is 13.4. The number of aromatic nitrogens is 3. The SMILES string of the molecule is O=C(NCc1cccnc1)N1CCc2[nH]nc(-c3ccccc3)c2C1. The van der Waals surface area contributed by atoms with Gasteiger partial charge in [0.2, 0.25) is 0 Å². The number of benzene rings is 1. The molecule has 0 fully saturated rings. The summed E-state index contributed by atoms with van der Waals surface area (Å²) in [6.07, 6.45) is 4.27. The van der Waals surface area contributed by atoms with Crippen molar-refractivity contribution in [3.05, 3.63) is 71.7 Å². The lowest BCUT2D eigenvalue weighted by Crippen LogP contribution is -2.42. The quantitative estimate of drug-likeness (QED) is 0.774. The molecule has 0 saturated heterocycles. The Morgan fingerprint density at radius 3 is 2.88 bits per heavy atom. The lowest BCUT2D eigenvalue weighted by molar-refractivity contribution is 0.192. The fraction of sp³-hybridized carbons (Fsp3) is 0.211. The van der Waals surface area contributed by atoms with Crippen LogP contribution in [-0.2, 0) is 19.5 Å². The highest BCUT2D eigenvalue weighted by atomic mass is 16.2. The van der Waals surface area contributed by atoms with Crippen LogP contribution in [0.4, 0.5) is 4.79 Å². The van der Waals surface area contributed by atoms with Gasteiger partial charge in [0.15, 0.2) is 0 Å². The van der Waals surface area contributed by atoms with E-state index in [1.165, 1.54) is 0 Å². The number of nitrogens with one attached hydrogen (secondary N) is 2. The number of carbonyl (C=O) groups excluding carboxylic acids is 1. The molecular formula is C19H19N5O. The fourth-order valence-electron chi connectivity index (χ4n) is 3.10. The van der Waals surface area contributed by atoms with E-state index in [1.54, 1.807) is 12.4 Å². The number of fused-ring (bicyclic) bond motifs is 1. The molecule has 0 spiro atoms. The predicted octanol–water partition coefficient (Wildman–Crippen LogP) is 2.74. The van der Waals surface area contributed by atoms with Crippen LogP contribution in [0, 0.1) is 0 Å². The van der Waals surface area contributed by atoms with Gasteiger partial charge in [-0.25, -0.2) is 4.79 Å². The van der Waals surface area contributed by atoms with Crippen molar-refractivity contribution >= 4 is 6.03 Å². The minimum absolute atomic E-state index is 0.0604. The molecule has 1 aliphatic rings. The van der Waals surface area contributed by atoms with E-state index >= 15 is 0 Å². The molecule has 0 radical (unpaired) electrons. The van der Waals surface area contributed by atoms with Crippen molar-refractivity contribution in [2.75, 3.05) is 6.54 Å². The highest BCUT2D eigenvalue weighted by Crippen LogP contribution is 2.28. The summed E-state index contributed by atoms with van der Waals surface area (Å²) in [5, 5.41) is 10.6. The van der Waals surface area contributed by atoms with Crippen LogP contribution < -0.4 is 5.32 Å².